The van der Waals surface area contributed by atoms with E-state index >= 15 is 0 Å². The summed E-state index contributed by atoms with van der Waals surface area (Å²) in [5.41, 5.74) is 0.745. The van der Waals surface area contributed by atoms with E-state index in [1.807, 2.05) is 18.2 Å². The van der Waals surface area contributed by atoms with Crippen molar-refractivity contribution in [3.8, 4) is 0 Å². The quantitative estimate of drug-likeness (QED) is 0.548. The van der Waals surface area contributed by atoms with Crippen LogP contribution in [0.2, 0.25) is 5.02 Å². The summed E-state index contributed by atoms with van der Waals surface area (Å²) < 4.78 is 0. The first-order chi connectivity index (χ1) is 11.5. The summed E-state index contributed by atoms with van der Waals surface area (Å²) >= 11 is 5.71. The Morgan fingerprint density at radius 2 is 1.96 bits per heavy atom. The molecule has 1 atom stereocenters. The molecule has 3 N–H and O–H groups in total. The van der Waals surface area contributed by atoms with Crippen molar-refractivity contribution in [1.82, 2.24) is 5.32 Å². The number of hydrogen-bond acceptors (Lipinski definition) is 4. The van der Waals surface area contributed by atoms with Gasteiger partial charge in [0.2, 0.25) is 0 Å². The van der Waals surface area contributed by atoms with E-state index in [0.717, 1.165) is 5.56 Å². The number of anilines is 1. The van der Waals surface area contributed by atoms with Gasteiger partial charge in [0.05, 0.1) is 11.0 Å². The van der Waals surface area contributed by atoms with Crippen molar-refractivity contribution < 1.29 is 14.8 Å². The molecule has 2 amide bonds. The minimum atomic E-state index is -0.678. The van der Waals surface area contributed by atoms with Crippen LogP contribution in [0.3, 0.4) is 0 Å². The maximum Gasteiger partial charge on any atom is 0.319 e. The molecule has 2 aromatic carbocycles. The number of benzene rings is 2. The highest BCUT2D eigenvalue weighted by atomic mass is 35.5. The fourth-order valence-electron chi connectivity index (χ4n) is 2.07. The van der Waals surface area contributed by atoms with Gasteiger partial charge in [-0.15, -0.1) is 0 Å². The Kier molecular flexibility index (Phi) is 6.11. The van der Waals surface area contributed by atoms with Gasteiger partial charge in [-0.25, -0.2) is 4.79 Å². The Balaban J connectivity index is 1.83. The molecule has 0 radical (unpaired) electrons. The number of hydrogen-bond donors (Lipinski definition) is 3. The normalized spacial score (nSPS) is 11.6. The van der Waals surface area contributed by atoms with Crippen LogP contribution in [0, 0.1) is 10.1 Å². The molecular formula is C16H16ClN3O4. The molecule has 0 saturated carbocycles. The molecule has 7 nitrogen and oxygen atoms in total. The molecule has 24 heavy (non-hydrogen) atoms. The Morgan fingerprint density at radius 1 is 1.25 bits per heavy atom. The van der Waals surface area contributed by atoms with Crippen molar-refractivity contribution in [2.75, 3.05) is 11.9 Å². The van der Waals surface area contributed by atoms with Crippen LogP contribution in [0.4, 0.5) is 16.2 Å². The molecule has 1 unspecified atom stereocenters. The average molecular weight is 350 g/mol. The minimum absolute atomic E-state index is 0.00283. The van der Waals surface area contributed by atoms with Crippen LogP contribution in [0.5, 0.6) is 0 Å². The molecule has 0 aromatic heterocycles. The van der Waals surface area contributed by atoms with Gasteiger partial charge in [0, 0.05) is 18.3 Å². The van der Waals surface area contributed by atoms with Gasteiger partial charge in [0.15, 0.2) is 0 Å². The molecule has 0 spiro atoms. The number of rotatable bonds is 6. The Hall–Kier alpha value is -2.64. The van der Waals surface area contributed by atoms with Crippen LogP contribution in [0.15, 0.2) is 48.5 Å². The van der Waals surface area contributed by atoms with E-state index in [9.17, 15) is 20.0 Å². The summed E-state index contributed by atoms with van der Waals surface area (Å²) in [7, 11) is 0. The van der Waals surface area contributed by atoms with Gasteiger partial charge in [-0.05, 0) is 24.1 Å². The third kappa shape index (κ3) is 4.94. The smallest absolute Gasteiger partial charge is 0.319 e. The van der Waals surface area contributed by atoms with Gasteiger partial charge in [-0.2, -0.15) is 0 Å². The summed E-state index contributed by atoms with van der Waals surface area (Å²) in [6, 6.07) is 12.6. The number of urea groups is 1. The second-order valence-electron chi connectivity index (χ2n) is 5.02. The molecular weight excluding hydrogens is 334 g/mol. The first-order valence-electron chi connectivity index (χ1n) is 7.19. The fourth-order valence-corrected chi connectivity index (χ4v) is 2.26. The van der Waals surface area contributed by atoms with E-state index in [-0.39, 0.29) is 22.9 Å². The lowest BCUT2D eigenvalue weighted by Crippen LogP contribution is -2.30. The lowest BCUT2D eigenvalue weighted by Gasteiger charge is -2.12. The van der Waals surface area contributed by atoms with E-state index in [1.54, 1.807) is 12.1 Å². The van der Waals surface area contributed by atoms with E-state index in [2.05, 4.69) is 10.6 Å². The van der Waals surface area contributed by atoms with Crippen LogP contribution in [-0.4, -0.2) is 22.6 Å². The molecule has 0 aliphatic carbocycles. The number of nitrogens with zero attached hydrogens (tertiary/aromatic N) is 1. The number of nitro groups is 1. The first-order valence-corrected chi connectivity index (χ1v) is 7.57. The predicted octanol–water partition coefficient (Wildman–Crippen LogP) is 3.49. The molecule has 2 rings (SSSR count). The van der Waals surface area contributed by atoms with E-state index in [4.69, 9.17) is 11.6 Å². The largest absolute Gasteiger partial charge is 0.388 e. The zero-order chi connectivity index (χ0) is 17.5. The number of carbonyl (C=O) groups excluding carboxylic acids is 1. The summed E-state index contributed by atoms with van der Waals surface area (Å²) in [6.07, 6.45) is -0.332. The summed E-state index contributed by atoms with van der Waals surface area (Å²) in [6.45, 7) is 0.248. The number of nitrogens with one attached hydrogen (secondary N) is 2. The molecule has 0 aliphatic heterocycles. The summed E-state index contributed by atoms with van der Waals surface area (Å²) in [4.78, 5) is 22.0. The summed E-state index contributed by atoms with van der Waals surface area (Å²) in [5.74, 6) is 0. The van der Waals surface area contributed by atoms with Crippen LogP contribution < -0.4 is 10.6 Å². The molecule has 0 fully saturated rings. The minimum Gasteiger partial charge on any atom is -0.388 e. The lowest BCUT2D eigenvalue weighted by molar-refractivity contribution is -0.384. The second-order valence-corrected chi connectivity index (χ2v) is 5.43. The van der Waals surface area contributed by atoms with E-state index in [0.29, 0.717) is 6.42 Å². The molecule has 0 heterocycles. The van der Waals surface area contributed by atoms with Crippen molar-refractivity contribution in [2.45, 2.75) is 12.5 Å². The Bertz CT molecular complexity index is 725. The SMILES string of the molecule is O=C(NCCC(O)c1ccccc1)Nc1ccc(Cl)c([N+](=O)[O-])c1. The molecule has 126 valence electrons. The number of aliphatic hydroxyl groups is 1. The number of amides is 2. The number of nitro benzene ring substituents is 1. The fraction of sp³-hybridized carbons (Fsp3) is 0.188. The predicted molar refractivity (Wildman–Crippen MR) is 91.1 cm³/mol. The third-order valence-corrected chi connectivity index (χ3v) is 3.61. The van der Waals surface area contributed by atoms with Crippen molar-refractivity contribution in [2.24, 2.45) is 0 Å². The molecule has 2 aromatic rings. The van der Waals surface area contributed by atoms with Gasteiger partial charge >= 0.3 is 6.03 Å². The maximum atomic E-state index is 11.8. The average Bonchev–Trinajstić information content (AvgIpc) is 2.57. The van der Waals surface area contributed by atoms with Gasteiger partial charge in [-0.1, -0.05) is 41.9 Å². The first kappa shape index (κ1) is 17.7. The zero-order valence-corrected chi connectivity index (χ0v) is 13.4. The highest BCUT2D eigenvalue weighted by Crippen LogP contribution is 2.27. The van der Waals surface area contributed by atoms with Gasteiger partial charge in [-0.3, -0.25) is 10.1 Å². The van der Waals surface area contributed by atoms with Crippen molar-refractivity contribution in [3.63, 3.8) is 0 Å². The van der Waals surface area contributed by atoms with Crippen LogP contribution in [0.25, 0.3) is 0 Å². The van der Waals surface area contributed by atoms with Gasteiger partial charge in [0.25, 0.3) is 5.69 Å². The van der Waals surface area contributed by atoms with Crippen molar-refractivity contribution in [1.29, 1.82) is 0 Å². The maximum absolute atomic E-state index is 11.8. The van der Waals surface area contributed by atoms with Gasteiger partial charge < -0.3 is 15.7 Å². The number of carbonyl (C=O) groups is 1. The molecule has 0 aliphatic rings. The van der Waals surface area contributed by atoms with Crippen LogP contribution in [-0.2, 0) is 0 Å². The number of aliphatic hydroxyl groups excluding tert-OH is 1. The van der Waals surface area contributed by atoms with Crippen molar-refractivity contribution in [3.05, 3.63) is 69.2 Å². The summed E-state index contributed by atoms with van der Waals surface area (Å²) in [5, 5.41) is 25.9. The topological polar surface area (TPSA) is 104 Å². The van der Waals surface area contributed by atoms with E-state index in [1.165, 1.54) is 18.2 Å². The van der Waals surface area contributed by atoms with E-state index < -0.39 is 17.1 Å². The standard InChI is InChI=1S/C16H16ClN3O4/c17-13-7-6-12(10-14(13)20(23)24)19-16(22)18-9-8-15(21)11-4-2-1-3-5-11/h1-7,10,15,21H,8-9H2,(H2,18,19,22). The Labute approximate surface area is 143 Å². The monoisotopic (exact) mass is 349 g/mol. The highest BCUT2D eigenvalue weighted by Gasteiger charge is 2.14. The van der Waals surface area contributed by atoms with Crippen molar-refractivity contribution >= 4 is 29.0 Å². The number of halogens is 1. The second kappa shape index (κ2) is 8.28. The zero-order valence-electron chi connectivity index (χ0n) is 12.6. The lowest BCUT2D eigenvalue weighted by atomic mass is 10.1. The van der Waals surface area contributed by atoms with Gasteiger partial charge in [0.1, 0.15) is 5.02 Å². The molecule has 8 heteroatoms. The third-order valence-electron chi connectivity index (χ3n) is 3.29. The highest BCUT2D eigenvalue weighted by molar-refractivity contribution is 6.32. The molecule has 0 saturated heterocycles. The van der Waals surface area contributed by atoms with Crippen LogP contribution in [0.1, 0.15) is 18.1 Å². The molecule has 0 bridgehead atoms. The van der Waals surface area contributed by atoms with Crippen LogP contribution >= 0.6 is 11.6 Å². The Morgan fingerprint density at radius 3 is 2.62 bits per heavy atom.